The molecule has 8 nitrogen and oxygen atoms in total. The molecule has 4 aromatic heterocycles. The number of amides is 1. The number of rotatable bonds is 6. The monoisotopic (exact) mass is 615 g/mol. The topological polar surface area (TPSA) is 94.1 Å². The summed E-state index contributed by atoms with van der Waals surface area (Å²) < 4.78 is 1.99. The number of imidazole rings is 1. The van der Waals surface area contributed by atoms with Crippen LogP contribution in [0, 0.1) is 0 Å². The number of H-pyrrole nitrogens is 2. The first-order chi connectivity index (χ1) is 22.8. The first-order valence-corrected chi connectivity index (χ1v) is 15.6. The standard InChI is InChI=1S/C39H33N7O/c1-39(2,3)29-11-7-27(8-12-29)38(47)43-30-6-4-5-28(21-30)35-24-45-20-19-42-36(45)37(44-35)46(31-13-9-25-15-17-40-33(25)22-31)32-14-10-26-16-18-41-34(26)23-32/h4-24,40-41H,1-3H3,(H,43,47). The van der Waals surface area contributed by atoms with Crippen LogP contribution in [0.25, 0.3) is 38.7 Å². The molecule has 0 aliphatic rings. The molecule has 230 valence electrons. The maximum Gasteiger partial charge on any atom is 0.255 e. The largest absolute Gasteiger partial charge is 0.361 e. The van der Waals surface area contributed by atoms with Crippen LogP contribution in [-0.4, -0.2) is 30.2 Å². The molecular formula is C39H33N7O. The molecule has 8 heteroatoms. The van der Waals surface area contributed by atoms with Crippen LogP contribution in [0.2, 0.25) is 0 Å². The second-order valence-corrected chi connectivity index (χ2v) is 12.8. The summed E-state index contributed by atoms with van der Waals surface area (Å²) in [5.74, 6) is 0.518. The number of hydrogen-bond donors (Lipinski definition) is 3. The van der Waals surface area contributed by atoms with Gasteiger partial charge in [0, 0.05) is 70.2 Å². The number of benzene rings is 4. The molecule has 0 atom stereocenters. The summed E-state index contributed by atoms with van der Waals surface area (Å²) in [5.41, 5.74) is 8.76. The lowest BCUT2D eigenvalue weighted by Gasteiger charge is -2.25. The lowest BCUT2D eigenvalue weighted by Crippen LogP contribution is -2.14. The molecule has 0 aliphatic heterocycles. The molecule has 8 rings (SSSR count). The summed E-state index contributed by atoms with van der Waals surface area (Å²) in [5, 5.41) is 5.33. The van der Waals surface area contributed by atoms with Crippen LogP contribution in [0.4, 0.5) is 22.9 Å². The van der Waals surface area contributed by atoms with Crippen LogP contribution in [0.5, 0.6) is 0 Å². The number of nitrogens with one attached hydrogen (secondary N) is 3. The number of aromatic nitrogens is 5. The molecule has 1 amide bonds. The fourth-order valence-electron chi connectivity index (χ4n) is 6.03. The molecular weight excluding hydrogens is 582 g/mol. The third-order valence-electron chi connectivity index (χ3n) is 8.59. The van der Waals surface area contributed by atoms with Gasteiger partial charge in [0.25, 0.3) is 5.91 Å². The minimum absolute atomic E-state index is 0.0182. The van der Waals surface area contributed by atoms with E-state index in [-0.39, 0.29) is 11.3 Å². The van der Waals surface area contributed by atoms with E-state index in [9.17, 15) is 4.79 Å². The molecule has 4 heterocycles. The average molecular weight is 616 g/mol. The molecule has 0 aliphatic carbocycles. The predicted octanol–water partition coefficient (Wildman–Crippen LogP) is 9.38. The first-order valence-electron chi connectivity index (χ1n) is 15.6. The number of aromatic amines is 2. The quantitative estimate of drug-likeness (QED) is 0.174. The molecule has 0 radical (unpaired) electrons. The Bertz CT molecular complexity index is 2330. The van der Waals surface area contributed by atoms with Crippen LogP contribution >= 0.6 is 0 Å². The lowest BCUT2D eigenvalue weighted by molar-refractivity contribution is 0.102. The second-order valence-electron chi connectivity index (χ2n) is 12.8. The number of hydrogen-bond acceptors (Lipinski definition) is 4. The minimum atomic E-state index is -0.160. The summed E-state index contributed by atoms with van der Waals surface area (Å²) in [7, 11) is 0. The number of anilines is 4. The Morgan fingerprint density at radius 2 is 1.49 bits per heavy atom. The van der Waals surface area contributed by atoms with Crippen molar-refractivity contribution in [2.24, 2.45) is 0 Å². The Morgan fingerprint density at radius 1 is 0.809 bits per heavy atom. The molecule has 4 aromatic carbocycles. The Morgan fingerprint density at radius 3 is 2.15 bits per heavy atom. The molecule has 8 aromatic rings. The molecule has 0 saturated heterocycles. The van der Waals surface area contributed by atoms with E-state index in [2.05, 4.69) is 89.5 Å². The fraction of sp³-hybridized carbons (Fsp3) is 0.103. The molecule has 47 heavy (non-hydrogen) atoms. The Hall–Kier alpha value is -6.15. The molecule has 0 fully saturated rings. The summed E-state index contributed by atoms with van der Waals surface area (Å²) in [6.07, 6.45) is 9.58. The van der Waals surface area contributed by atoms with E-state index < -0.39 is 0 Å². The van der Waals surface area contributed by atoms with E-state index >= 15 is 0 Å². The number of nitrogens with zero attached hydrogens (tertiary/aromatic N) is 4. The van der Waals surface area contributed by atoms with Crippen molar-refractivity contribution >= 4 is 56.2 Å². The highest BCUT2D eigenvalue weighted by Gasteiger charge is 2.21. The minimum Gasteiger partial charge on any atom is -0.361 e. The third-order valence-corrected chi connectivity index (χ3v) is 8.59. The van der Waals surface area contributed by atoms with E-state index in [1.165, 1.54) is 5.56 Å². The Kier molecular flexibility index (Phi) is 6.65. The summed E-state index contributed by atoms with van der Waals surface area (Å²) in [6.45, 7) is 6.48. The van der Waals surface area contributed by atoms with E-state index in [1.807, 2.05) is 77.7 Å². The maximum atomic E-state index is 13.2. The van der Waals surface area contributed by atoms with Crippen LogP contribution in [0.15, 0.2) is 128 Å². The maximum absolute atomic E-state index is 13.2. The van der Waals surface area contributed by atoms with Crippen LogP contribution in [0.1, 0.15) is 36.7 Å². The lowest BCUT2D eigenvalue weighted by atomic mass is 9.87. The van der Waals surface area contributed by atoms with Gasteiger partial charge in [-0.1, -0.05) is 57.2 Å². The van der Waals surface area contributed by atoms with Crippen molar-refractivity contribution in [2.75, 3.05) is 10.2 Å². The van der Waals surface area contributed by atoms with Gasteiger partial charge in [-0.15, -0.1) is 0 Å². The normalized spacial score (nSPS) is 11.8. The van der Waals surface area contributed by atoms with Crippen molar-refractivity contribution < 1.29 is 4.79 Å². The van der Waals surface area contributed by atoms with Crippen molar-refractivity contribution in [3.8, 4) is 11.3 Å². The van der Waals surface area contributed by atoms with Crippen LogP contribution in [-0.2, 0) is 5.41 Å². The summed E-state index contributed by atoms with van der Waals surface area (Å²) in [4.78, 5) is 32.0. The van der Waals surface area contributed by atoms with Gasteiger partial charge >= 0.3 is 0 Å². The smallest absolute Gasteiger partial charge is 0.255 e. The zero-order chi connectivity index (χ0) is 32.1. The van der Waals surface area contributed by atoms with Crippen molar-refractivity contribution in [1.82, 2.24) is 24.3 Å². The van der Waals surface area contributed by atoms with Crippen molar-refractivity contribution in [3.63, 3.8) is 0 Å². The van der Waals surface area contributed by atoms with Crippen LogP contribution in [0.3, 0.4) is 0 Å². The SMILES string of the molecule is CC(C)(C)c1ccc(C(=O)Nc2cccc(-c3cn4ccnc4c(N(c4ccc5cc[nH]c5c4)c4ccc5cc[nH]c5c4)n3)c2)cc1. The van der Waals surface area contributed by atoms with Gasteiger partial charge in [0.2, 0.25) is 0 Å². The Labute approximate surface area is 271 Å². The molecule has 0 unspecified atom stereocenters. The number of carbonyl (C=O) groups is 1. The van der Waals surface area contributed by atoms with Crippen molar-refractivity contribution in [2.45, 2.75) is 26.2 Å². The molecule has 0 spiro atoms. The zero-order valence-electron chi connectivity index (χ0n) is 26.3. The molecule has 0 bridgehead atoms. The van der Waals surface area contributed by atoms with Gasteiger partial charge in [0.15, 0.2) is 11.5 Å². The van der Waals surface area contributed by atoms with E-state index in [0.717, 1.165) is 50.1 Å². The summed E-state index contributed by atoms with van der Waals surface area (Å²) >= 11 is 0. The van der Waals surface area contributed by atoms with E-state index in [0.29, 0.717) is 17.1 Å². The highest BCUT2D eigenvalue weighted by Crippen LogP contribution is 2.39. The zero-order valence-corrected chi connectivity index (χ0v) is 26.3. The van der Waals surface area contributed by atoms with Crippen molar-refractivity contribution in [3.05, 3.63) is 139 Å². The van der Waals surface area contributed by atoms with Gasteiger partial charge in [-0.2, -0.15) is 0 Å². The predicted molar refractivity (Wildman–Crippen MR) is 190 cm³/mol. The average Bonchev–Trinajstić information content (AvgIpc) is 3.85. The number of fused-ring (bicyclic) bond motifs is 3. The van der Waals surface area contributed by atoms with Crippen molar-refractivity contribution in [1.29, 1.82) is 0 Å². The van der Waals surface area contributed by atoms with Gasteiger partial charge < -0.3 is 19.7 Å². The van der Waals surface area contributed by atoms with Gasteiger partial charge in [-0.25, -0.2) is 9.97 Å². The second kappa shape index (κ2) is 11.0. The highest BCUT2D eigenvalue weighted by atomic mass is 16.1. The van der Waals surface area contributed by atoms with E-state index in [1.54, 1.807) is 6.20 Å². The first kappa shape index (κ1) is 28.3. The molecule has 0 saturated carbocycles. The number of carbonyl (C=O) groups excluding carboxylic acids is 1. The van der Waals surface area contributed by atoms with Gasteiger partial charge in [0.1, 0.15) is 0 Å². The van der Waals surface area contributed by atoms with Gasteiger partial charge in [-0.05, 0) is 82.4 Å². The van der Waals surface area contributed by atoms with Gasteiger partial charge in [0.05, 0.1) is 5.69 Å². The molecule has 3 N–H and O–H groups in total. The Balaban J connectivity index is 1.21. The van der Waals surface area contributed by atoms with Gasteiger partial charge in [-0.3, -0.25) is 9.69 Å². The fourth-order valence-corrected chi connectivity index (χ4v) is 6.03. The highest BCUT2D eigenvalue weighted by molar-refractivity contribution is 6.04. The third kappa shape index (κ3) is 5.29. The summed E-state index contributed by atoms with van der Waals surface area (Å²) in [6, 6.07) is 32.4. The van der Waals surface area contributed by atoms with Crippen LogP contribution < -0.4 is 10.2 Å². The van der Waals surface area contributed by atoms with E-state index in [4.69, 9.17) is 9.97 Å².